The number of nitrogens with zero attached hydrogens (tertiary/aromatic N) is 2. The van der Waals surface area contributed by atoms with Gasteiger partial charge < -0.3 is 15.4 Å². The molecule has 0 spiro atoms. The zero-order valence-electron chi connectivity index (χ0n) is 15.9. The van der Waals surface area contributed by atoms with Gasteiger partial charge >= 0.3 is 0 Å². The minimum absolute atomic E-state index is 0.387. The normalized spacial score (nSPS) is 33.2. The molecule has 3 saturated heterocycles. The smallest absolute Gasteiger partial charge is 0.191 e. The Morgan fingerprint density at radius 1 is 1.21 bits per heavy atom. The van der Waals surface area contributed by atoms with E-state index in [0.29, 0.717) is 30.2 Å². The van der Waals surface area contributed by atoms with Crippen LogP contribution in [-0.4, -0.2) is 61.8 Å². The number of piperidine rings is 1. The second-order valence-electron chi connectivity index (χ2n) is 8.34. The highest BCUT2D eigenvalue weighted by atomic mass is 16.5. The van der Waals surface area contributed by atoms with Crippen molar-refractivity contribution >= 4 is 5.96 Å². The van der Waals surface area contributed by atoms with E-state index in [1.807, 2.05) is 7.05 Å². The van der Waals surface area contributed by atoms with Gasteiger partial charge in [0.1, 0.15) is 0 Å². The van der Waals surface area contributed by atoms with E-state index in [4.69, 9.17) is 4.74 Å². The molecule has 3 aliphatic heterocycles. The zero-order chi connectivity index (χ0) is 17.1. The van der Waals surface area contributed by atoms with E-state index < -0.39 is 0 Å². The lowest BCUT2D eigenvalue weighted by atomic mass is 9.94. The van der Waals surface area contributed by atoms with Crippen LogP contribution in [0.15, 0.2) is 4.99 Å². The van der Waals surface area contributed by atoms with Crippen molar-refractivity contribution < 1.29 is 4.74 Å². The number of hydrogen-bond donors (Lipinski definition) is 2. The third-order valence-electron chi connectivity index (χ3n) is 6.19. The lowest BCUT2D eigenvalue weighted by Crippen LogP contribution is -2.53. The Morgan fingerprint density at radius 2 is 1.96 bits per heavy atom. The SMILES string of the molecule is CN=C(NCC(C(C)C)N1CCC(C)CC1)NC1CC2CCC1O2. The molecule has 5 heteroatoms. The Balaban J connectivity index is 1.49. The standard InChI is InChI=1S/C19H36N4O/c1-13(2)17(23-9-7-14(3)8-10-23)12-21-19(20-4)22-16-11-15-5-6-18(16)24-15/h13-18H,5-12H2,1-4H3,(H2,20,21,22). The Kier molecular flexibility index (Phi) is 6.03. The number of fused-ring (bicyclic) bond motifs is 2. The molecule has 4 atom stereocenters. The Bertz CT molecular complexity index is 431. The molecule has 5 nitrogen and oxygen atoms in total. The number of aliphatic imine (C=N–C) groups is 1. The van der Waals surface area contributed by atoms with Crippen LogP contribution in [0.1, 0.15) is 52.9 Å². The number of ether oxygens (including phenoxy) is 1. The first-order chi connectivity index (χ1) is 11.6. The van der Waals surface area contributed by atoms with Gasteiger partial charge in [-0.1, -0.05) is 20.8 Å². The monoisotopic (exact) mass is 336 g/mol. The van der Waals surface area contributed by atoms with E-state index in [-0.39, 0.29) is 0 Å². The summed E-state index contributed by atoms with van der Waals surface area (Å²) in [5.74, 6) is 2.47. The highest BCUT2D eigenvalue weighted by molar-refractivity contribution is 5.80. The molecule has 0 amide bonds. The first-order valence-corrected chi connectivity index (χ1v) is 9.93. The summed E-state index contributed by atoms with van der Waals surface area (Å²) in [6, 6.07) is 1.01. The molecule has 24 heavy (non-hydrogen) atoms. The molecule has 3 aliphatic rings. The molecule has 0 radical (unpaired) electrons. The quantitative estimate of drug-likeness (QED) is 0.597. The van der Waals surface area contributed by atoms with Crippen molar-refractivity contribution in [2.45, 2.75) is 77.2 Å². The predicted octanol–water partition coefficient (Wildman–Crippen LogP) is 2.23. The van der Waals surface area contributed by atoms with Gasteiger partial charge in [0.05, 0.1) is 18.2 Å². The van der Waals surface area contributed by atoms with Crippen LogP contribution in [-0.2, 0) is 4.74 Å². The molecule has 0 aromatic heterocycles. The molecular weight excluding hydrogens is 300 g/mol. The molecular formula is C19H36N4O. The van der Waals surface area contributed by atoms with Crippen LogP contribution < -0.4 is 10.6 Å². The summed E-state index contributed by atoms with van der Waals surface area (Å²) in [7, 11) is 1.87. The summed E-state index contributed by atoms with van der Waals surface area (Å²) >= 11 is 0. The van der Waals surface area contributed by atoms with E-state index in [0.717, 1.165) is 24.8 Å². The molecule has 2 N–H and O–H groups in total. The number of likely N-dealkylation sites (tertiary alicyclic amines) is 1. The Labute approximate surface area is 147 Å². The predicted molar refractivity (Wildman–Crippen MR) is 99.4 cm³/mol. The number of nitrogens with one attached hydrogen (secondary N) is 2. The molecule has 2 bridgehead atoms. The van der Waals surface area contributed by atoms with Crippen molar-refractivity contribution in [2.75, 3.05) is 26.7 Å². The minimum atomic E-state index is 0.387. The fourth-order valence-corrected chi connectivity index (χ4v) is 4.51. The maximum atomic E-state index is 5.95. The third-order valence-corrected chi connectivity index (χ3v) is 6.19. The van der Waals surface area contributed by atoms with Crippen LogP contribution in [0.3, 0.4) is 0 Å². The van der Waals surface area contributed by atoms with Gasteiger partial charge in [-0.25, -0.2) is 0 Å². The first-order valence-electron chi connectivity index (χ1n) is 9.93. The molecule has 138 valence electrons. The lowest BCUT2D eigenvalue weighted by molar-refractivity contribution is 0.0989. The van der Waals surface area contributed by atoms with E-state index in [1.54, 1.807) is 0 Å². The third kappa shape index (κ3) is 4.23. The summed E-state index contributed by atoms with van der Waals surface area (Å²) in [6.45, 7) is 10.5. The maximum Gasteiger partial charge on any atom is 0.191 e. The van der Waals surface area contributed by atoms with Crippen molar-refractivity contribution in [2.24, 2.45) is 16.8 Å². The maximum absolute atomic E-state index is 5.95. The number of rotatable bonds is 5. The molecule has 3 rings (SSSR count). The topological polar surface area (TPSA) is 48.9 Å². The van der Waals surface area contributed by atoms with E-state index in [9.17, 15) is 0 Å². The molecule has 0 aromatic carbocycles. The van der Waals surface area contributed by atoms with Crippen molar-refractivity contribution in [1.29, 1.82) is 0 Å². The van der Waals surface area contributed by atoms with Crippen LogP contribution >= 0.6 is 0 Å². The van der Waals surface area contributed by atoms with Gasteiger partial charge in [-0.05, 0) is 57.0 Å². The summed E-state index contributed by atoms with van der Waals surface area (Å²) in [5.41, 5.74) is 0. The average molecular weight is 337 g/mol. The van der Waals surface area contributed by atoms with Crippen LogP contribution in [0, 0.1) is 11.8 Å². The fourth-order valence-electron chi connectivity index (χ4n) is 4.51. The number of guanidine groups is 1. The number of hydrogen-bond acceptors (Lipinski definition) is 3. The van der Waals surface area contributed by atoms with Crippen molar-refractivity contribution in [3.63, 3.8) is 0 Å². The molecule has 3 fully saturated rings. The summed E-state index contributed by atoms with van der Waals surface area (Å²) in [5, 5.41) is 7.18. The summed E-state index contributed by atoms with van der Waals surface area (Å²) in [6.07, 6.45) is 7.08. The van der Waals surface area contributed by atoms with Crippen LogP contribution in [0.4, 0.5) is 0 Å². The molecule has 0 aliphatic carbocycles. The van der Waals surface area contributed by atoms with E-state index in [2.05, 4.69) is 41.3 Å². The van der Waals surface area contributed by atoms with Gasteiger partial charge in [-0.2, -0.15) is 0 Å². The van der Waals surface area contributed by atoms with Gasteiger partial charge in [0.25, 0.3) is 0 Å². The van der Waals surface area contributed by atoms with Crippen LogP contribution in [0.5, 0.6) is 0 Å². The van der Waals surface area contributed by atoms with Gasteiger partial charge in [-0.15, -0.1) is 0 Å². The lowest BCUT2D eigenvalue weighted by Gasteiger charge is -2.39. The summed E-state index contributed by atoms with van der Waals surface area (Å²) in [4.78, 5) is 7.12. The van der Waals surface area contributed by atoms with Crippen LogP contribution in [0.25, 0.3) is 0 Å². The second-order valence-corrected chi connectivity index (χ2v) is 8.34. The van der Waals surface area contributed by atoms with Crippen molar-refractivity contribution in [1.82, 2.24) is 15.5 Å². The molecule has 0 saturated carbocycles. The molecule has 0 aromatic rings. The van der Waals surface area contributed by atoms with Gasteiger partial charge in [0.15, 0.2) is 5.96 Å². The molecule has 3 heterocycles. The van der Waals surface area contributed by atoms with Gasteiger partial charge in [0, 0.05) is 19.6 Å². The molecule has 4 unspecified atom stereocenters. The van der Waals surface area contributed by atoms with Crippen molar-refractivity contribution in [3.05, 3.63) is 0 Å². The first kappa shape index (κ1) is 18.0. The average Bonchev–Trinajstić information content (AvgIpc) is 3.18. The van der Waals surface area contributed by atoms with Crippen molar-refractivity contribution in [3.8, 4) is 0 Å². The van der Waals surface area contributed by atoms with Crippen LogP contribution in [0.2, 0.25) is 0 Å². The van der Waals surface area contributed by atoms with E-state index >= 15 is 0 Å². The highest BCUT2D eigenvalue weighted by Gasteiger charge is 2.41. The Morgan fingerprint density at radius 3 is 2.50 bits per heavy atom. The summed E-state index contributed by atoms with van der Waals surface area (Å²) < 4.78 is 5.95. The Hall–Kier alpha value is -0.810. The fraction of sp³-hybridized carbons (Fsp3) is 0.947. The largest absolute Gasteiger partial charge is 0.373 e. The highest BCUT2D eigenvalue weighted by Crippen LogP contribution is 2.34. The van der Waals surface area contributed by atoms with Gasteiger partial charge in [0.2, 0.25) is 0 Å². The second kappa shape index (κ2) is 8.05. The van der Waals surface area contributed by atoms with Gasteiger partial charge in [-0.3, -0.25) is 9.89 Å². The van der Waals surface area contributed by atoms with E-state index in [1.165, 1.54) is 38.8 Å². The minimum Gasteiger partial charge on any atom is -0.373 e. The zero-order valence-corrected chi connectivity index (χ0v) is 15.9.